The molecule has 0 saturated heterocycles. The maximum atomic E-state index is 13.7. The Kier molecular flexibility index (Phi) is 8.61. The lowest BCUT2D eigenvalue weighted by molar-refractivity contribution is -0.133. The molecule has 2 amide bonds. The Morgan fingerprint density at radius 2 is 1.75 bits per heavy atom. The van der Waals surface area contributed by atoms with Gasteiger partial charge in [0.2, 0.25) is 12.7 Å². The van der Waals surface area contributed by atoms with Crippen molar-refractivity contribution in [1.29, 1.82) is 0 Å². The molecule has 1 aromatic heterocycles. The first-order chi connectivity index (χ1) is 17.4. The molecule has 0 unspecified atom stereocenters. The standard InChI is InChI=1S/C28H32N2O5S/c1-20-5-8-23(9-6-20)28(32)29(12-4-13-33-3)18-27(31)30(17-26-21(2)11-14-36-26)16-22-7-10-24-25(15-22)35-19-34-24/h5-11,14-15H,4,12-13,16-19H2,1-3H3. The lowest BCUT2D eigenvalue weighted by atomic mass is 10.1. The van der Waals surface area contributed by atoms with Crippen LogP contribution in [0.5, 0.6) is 11.5 Å². The number of amides is 2. The van der Waals surface area contributed by atoms with E-state index in [1.54, 1.807) is 23.3 Å². The van der Waals surface area contributed by atoms with Crippen LogP contribution in [-0.2, 0) is 22.6 Å². The van der Waals surface area contributed by atoms with Gasteiger partial charge in [0, 0.05) is 37.2 Å². The minimum Gasteiger partial charge on any atom is -0.454 e. The van der Waals surface area contributed by atoms with Crippen molar-refractivity contribution in [2.24, 2.45) is 0 Å². The Morgan fingerprint density at radius 1 is 0.972 bits per heavy atom. The van der Waals surface area contributed by atoms with E-state index < -0.39 is 0 Å². The fourth-order valence-electron chi connectivity index (χ4n) is 4.03. The van der Waals surface area contributed by atoms with Crippen LogP contribution >= 0.6 is 11.3 Å². The number of thiophene rings is 1. The summed E-state index contributed by atoms with van der Waals surface area (Å²) in [6.07, 6.45) is 0.646. The quantitative estimate of drug-likeness (QED) is 0.348. The molecule has 7 nitrogen and oxygen atoms in total. The molecule has 0 N–H and O–H groups in total. The molecule has 3 aromatic rings. The number of carbonyl (C=O) groups is 2. The zero-order chi connectivity index (χ0) is 25.5. The fourth-order valence-corrected chi connectivity index (χ4v) is 4.95. The first-order valence-electron chi connectivity index (χ1n) is 12.0. The predicted octanol–water partition coefficient (Wildman–Crippen LogP) is 4.80. The summed E-state index contributed by atoms with van der Waals surface area (Å²) < 4.78 is 16.1. The highest BCUT2D eigenvalue weighted by atomic mass is 32.1. The van der Waals surface area contributed by atoms with Crippen LogP contribution in [-0.4, -0.2) is 55.2 Å². The Labute approximate surface area is 216 Å². The van der Waals surface area contributed by atoms with Crippen LogP contribution in [0.25, 0.3) is 0 Å². The smallest absolute Gasteiger partial charge is 0.254 e. The van der Waals surface area contributed by atoms with Gasteiger partial charge in [-0.2, -0.15) is 0 Å². The van der Waals surface area contributed by atoms with Gasteiger partial charge in [0.05, 0.1) is 6.54 Å². The van der Waals surface area contributed by atoms with Gasteiger partial charge in [0.1, 0.15) is 6.54 Å². The van der Waals surface area contributed by atoms with Crippen LogP contribution < -0.4 is 9.47 Å². The lowest BCUT2D eigenvalue weighted by Crippen LogP contribution is -2.43. The van der Waals surface area contributed by atoms with Gasteiger partial charge in [-0.3, -0.25) is 9.59 Å². The Morgan fingerprint density at radius 3 is 2.47 bits per heavy atom. The Hall–Kier alpha value is -3.36. The van der Waals surface area contributed by atoms with E-state index in [0.717, 1.165) is 21.6 Å². The first kappa shape index (κ1) is 25.7. The Bertz CT molecular complexity index is 1190. The number of hydrogen-bond donors (Lipinski definition) is 0. The molecule has 0 spiro atoms. The molecule has 36 heavy (non-hydrogen) atoms. The highest BCUT2D eigenvalue weighted by Crippen LogP contribution is 2.33. The Balaban J connectivity index is 1.55. The summed E-state index contributed by atoms with van der Waals surface area (Å²) in [5.74, 6) is 1.12. The second-order valence-corrected chi connectivity index (χ2v) is 9.90. The molecule has 2 aromatic carbocycles. The fraction of sp³-hybridized carbons (Fsp3) is 0.357. The van der Waals surface area contributed by atoms with Crippen LogP contribution in [0.2, 0.25) is 0 Å². The first-order valence-corrected chi connectivity index (χ1v) is 12.9. The SMILES string of the molecule is COCCCN(CC(=O)N(Cc1ccc2c(c1)OCO2)Cc1sccc1C)C(=O)c1ccc(C)cc1. The van der Waals surface area contributed by atoms with Gasteiger partial charge in [-0.1, -0.05) is 23.8 Å². The summed E-state index contributed by atoms with van der Waals surface area (Å²) in [5, 5.41) is 2.03. The molecule has 190 valence electrons. The summed E-state index contributed by atoms with van der Waals surface area (Å²) >= 11 is 1.63. The molecule has 0 radical (unpaired) electrons. The van der Waals surface area contributed by atoms with Gasteiger partial charge in [0.15, 0.2) is 11.5 Å². The highest BCUT2D eigenvalue weighted by molar-refractivity contribution is 7.10. The maximum Gasteiger partial charge on any atom is 0.254 e. The van der Waals surface area contributed by atoms with E-state index in [1.807, 2.05) is 66.6 Å². The average Bonchev–Trinajstić information content (AvgIpc) is 3.51. The van der Waals surface area contributed by atoms with Gasteiger partial charge in [0.25, 0.3) is 5.91 Å². The number of methoxy groups -OCH3 is 1. The number of hydrogen-bond acceptors (Lipinski definition) is 6. The minimum absolute atomic E-state index is 0.00853. The van der Waals surface area contributed by atoms with Gasteiger partial charge in [-0.15, -0.1) is 11.3 Å². The maximum absolute atomic E-state index is 13.7. The number of nitrogens with zero attached hydrogens (tertiary/aromatic N) is 2. The molecule has 1 aliphatic heterocycles. The summed E-state index contributed by atoms with van der Waals surface area (Å²) in [7, 11) is 1.63. The van der Waals surface area contributed by atoms with Gasteiger partial charge in [-0.05, 0) is 67.1 Å². The molecule has 2 heterocycles. The number of carbonyl (C=O) groups excluding carboxylic acids is 2. The second kappa shape index (κ2) is 12.1. The van der Waals surface area contributed by atoms with Crippen LogP contribution in [0.3, 0.4) is 0 Å². The van der Waals surface area contributed by atoms with Gasteiger partial charge < -0.3 is 24.0 Å². The normalized spacial score (nSPS) is 12.0. The molecule has 0 aliphatic carbocycles. The second-order valence-electron chi connectivity index (χ2n) is 8.90. The number of rotatable bonds is 11. The van der Waals surface area contributed by atoms with Crippen molar-refractivity contribution >= 4 is 23.2 Å². The summed E-state index contributed by atoms with van der Waals surface area (Å²) in [6, 6.07) is 15.2. The molecule has 8 heteroatoms. The number of benzene rings is 2. The average molecular weight is 509 g/mol. The minimum atomic E-state index is -0.158. The van der Waals surface area contributed by atoms with E-state index in [-0.39, 0.29) is 25.2 Å². The third-order valence-corrected chi connectivity index (χ3v) is 7.16. The van der Waals surface area contributed by atoms with Crippen molar-refractivity contribution in [2.45, 2.75) is 33.4 Å². The molecular formula is C28H32N2O5S. The van der Waals surface area contributed by atoms with Crippen LogP contribution in [0, 0.1) is 13.8 Å². The van der Waals surface area contributed by atoms with Crippen LogP contribution in [0.1, 0.15) is 38.3 Å². The number of ether oxygens (including phenoxy) is 3. The third kappa shape index (κ3) is 6.44. The molecule has 0 atom stereocenters. The third-order valence-electron chi connectivity index (χ3n) is 6.15. The molecule has 1 aliphatic rings. The summed E-state index contributed by atoms with van der Waals surface area (Å²) in [6.45, 7) is 6.04. The molecule has 0 fully saturated rings. The van der Waals surface area contributed by atoms with Crippen molar-refractivity contribution in [3.63, 3.8) is 0 Å². The predicted molar refractivity (Wildman–Crippen MR) is 139 cm³/mol. The van der Waals surface area contributed by atoms with Gasteiger partial charge in [-0.25, -0.2) is 0 Å². The van der Waals surface area contributed by atoms with Crippen LogP contribution in [0.15, 0.2) is 53.9 Å². The monoisotopic (exact) mass is 508 g/mol. The number of aryl methyl sites for hydroxylation is 2. The van der Waals surface area contributed by atoms with E-state index in [2.05, 4.69) is 6.07 Å². The van der Waals surface area contributed by atoms with E-state index >= 15 is 0 Å². The topological polar surface area (TPSA) is 68.3 Å². The summed E-state index contributed by atoms with van der Waals surface area (Å²) in [5.41, 5.74) is 3.74. The van der Waals surface area contributed by atoms with Crippen molar-refractivity contribution in [3.05, 3.63) is 81.0 Å². The largest absolute Gasteiger partial charge is 0.454 e. The van der Waals surface area contributed by atoms with Gasteiger partial charge >= 0.3 is 0 Å². The van der Waals surface area contributed by atoms with E-state index in [9.17, 15) is 9.59 Å². The number of fused-ring (bicyclic) bond motifs is 1. The lowest BCUT2D eigenvalue weighted by Gasteiger charge is -2.28. The van der Waals surface area contributed by atoms with Crippen molar-refractivity contribution in [1.82, 2.24) is 9.80 Å². The van der Waals surface area contributed by atoms with E-state index in [1.165, 1.54) is 0 Å². The highest BCUT2D eigenvalue weighted by Gasteiger charge is 2.24. The zero-order valence-corrected chi connectivity index (χ0v) is 21.8. The molecule has 0 saturated carbocycles. The molecular weight excluding hydrogens is 476 g/mol. The molecule has 0 bridgehead atoms. The summed E-state index contributed by atoms with van der Waals surface area (Å²) in [4.78, 5) is 31.6. The van der Waals surface area contributed by atoms with Crippen molar-refractivity contribution in [3.8, 4) is 11.5 Å². The van der Waals surface area contributed by atoms with Crippen molar-refractivity contribution in [2.75, 3.05) is 33.6 Å². The van der Waals surface area contributed by atoms with Crippen molar-refractivity contribution < 1.29 is 23.8 Å². The zero-order valence-electron chi connectivity index (χ0n) is 21.0. The molecule has 4 rings (SSSR count). The van der Waals surface area contributed by atoms with E-state index in [4.69, 9.17) is 14.2 Å². The van der Waals surface area contributed by atoms with E-state index in [0.29, 0.717) is 49.7 Å². The van der Waals surface area contributed by atoms with Crippen LogP contribution in [0.4, 0.5) is 0 Å².